The Hall–Kier alpha value is -1.09. The van der Waals surface area contributed by atoms with E-state index in [4.69, 9.17) is 11.6 Å². The first-order valence-corrected chi connectivity index (χ1v) is 6.08. The van der Waals surface area contributed by atoms with Gasteiger partial charge >= 0.3 is 0 Å². The predicted molar refractivity (Wildman–Crippen MR) is 67.6 cm³/mol. The van der Waals surface area contributed by atoms with Crippen molar-refractivity contribution in [3.8, 4) is 0 Å². The van der Waals surface area contributed by atoms with Crippen molar-refractivity contribution in [2.24, 2.45) is 5.41 Å². The van der Waals surface area contributed by atoms with Gasteiger partial charge in [-0.3, -0.25) is 4.79 Å². The van der Waals surface area contributed by atoms with Gasteiger partial charge in [-0.25, -0.2) is 4.39 Å². The van der Waals surface area contributed by atoms with Crippen molar-refractivity contribution in [3.05, 3.63) is 35.6 Å². The number of carbonyl (C=O) groups is 1. The molecule has 1 aromatic carbocycles. The van der Waals surface area contributed by atoms with Crippen LogP contribution in [0.5, 0.6) is 0 Å². The normalized spacial score (nSPS) is 11.3. The zero-order valence-electron chi connectivity index (χ0n) is 10.1. The van der Waals surface area contributed by atoms with Gasteiger partial charge in [-0.2, -0.15) is 0 Å². The number of carbonyl (C=O) groups excluding carboxylic acids is 1. The number of rotatable bonds is 5. The van der Waals surface area contributed by atoms with Crippen molar-refractivity contribution in [2.45, 2.75) is 20.3 Å². The first-order chi connectivity index (χ1) is 7.95. The Kier molecular flexibility index (Phi) is 4.94. The molecule has 0 aliphatic rings. The fraction of sp³-hybridized carbons (Fsp3) is 0.462. The molecule has 0 atom stereocenters. The average molecular weight is 258 g/mol. The van der Waals surface area contributed by atoms with Crippen LogP contribution in [-0.4, -0.2) is 18.3 Å². The lowest BCUT2D eigenvalue weighted by molar-refractivity contribution is -0.128. The summed E-state index contributed by atoms with van der Waals surface area (Å²) in [7, 11) is 0. The fourth-order valence-electron chi connectivity index (χ4n) is 1.27. The van der Waals surface area contributed by atoms with Gasteiger partial charge < -0.3 is 5.32 Å². The SMILES string of the molecule is CC(C)(CCl)C(=O)NCCc1ccc(F)cc1. The number of amides is 1. The lowest BCUT2D eigenvalue weighted by Gasteiger charge is -2.20. The van der Waals surface area contributed by atoms with Crippen LogP contribution in [0.4, 0.5) is 4.39 Å². The standard InChI is InChI=1S/C13H17ClFNO/c1-13(2,9-14)12(17)16-8-7-10-3-5-11(15)6-4-10/h3-6H,7-9H2,1-2H3,(H,16,17). The van der Waals surface area contributed by atoms with E-state index in [2.05, 4.69) is 5.32 Å². The molecule has 0 bridgehead atoms. The quantitative estimate of drug-likeness (QED) is 0.808. The molecule has 0 radical (unpaired) electrons. The number of hydrogen-bond acceptors (Lipinski definition) is 1. The van der Waals surface area contributed by atoms with E-state index in [0.717, 1.165) is 5.56 Å². The van der Waals surface area contributed by atoms with Crippen molar-refractivity contribution < 1.29 is 9.18 Å². The number of halogens is 2. The van der Waals surface area contributed by atoms with Crippen LogP contribution in [0.3, 0.4) is 0 Å². The first kappa shape index (κ1) is 14.0. The second kappa shape index (κ2) is 6.01. The molecule has 2 nitrogen and oxygen atoms in total. The minimum absolute atomic E-state index is 0.0605. The van der Waals surface area contributed by atoms with Gasteiger partial charge in [-0.05, 0) is 38.0 Å². The van der Waals surface area contributed by atoms with E-state index in [-0.39, 0.29) is 17.6 Å². The van der Waals surface area contributed by atoms with E-state index in [9.17, 15) is 9.18 Å². The van der Waals surface area contributed by atoms with E-state index in [0.29, 0.717) is 13.0 Å². The second-order valence-corrected chi connectivity index (χ2v) is 4.92. The van der Waals surface area contributed by atoms with Crippen molar-refractivity contribution >= 4 is 17.5 Å². The molecule has 0 saturated carbocycles. The molecule has 0 aromatic heterocycles. The number of alkyl halides is 1. The zero-order valence-corrected chi connectivity index (χ0v) is 10.9. The van der Waals surface area contributed by atoms with Crippen LogP contribution in [0.15, 0.2) is 24.3 Å². The molecule has 1 rings (SSSR count). The fourth-order valence-corrected chi connectivity index (χ4v) is 1.39. The molecule has 0 aliphatic heterocycles. The van der Waals surface area contributed by atoms with Gasteiger partial charge in [0.2, 0.25) is 5.91 Å². The Labute approximate surface area is 106 Å². The summed E-state index contributed by atoms with van der Waals surface area (Å²) in [6, 6.07) is 6.27. The van der Waals surface area contributed by atoms with E-state index in [1.54, 1.807) is 26.0 Å². The van der Waals surface area contributed by atoms with E-state index in [1.807, 2.05) is 0 Å². The summed E-state index contributed by atoms with van der Waals surface area (Å²) < 4.78 is 12.7. The Morgan fingerprint density at radius 1 is 1.35 bits per heavy atom. The van der Waals surface area contributed by atoms with Gasteiger partial charge in [0.1, 0.15) is 5.82 Å². The molecular weight excluding hydrogens is 241 g/mol. The van der Waals surface area contributed by atoms with Crippen molar-refractivity contribution in [1.82, 2.24) is 5.32 Å². The molecule has 0 spiro atoms. The molecule has 94 valence electrons. The lowest BCUT2D eigenvalue weighted by atomic mass is 9.95. The Morgan fingerprint density at radius 2 is 1.94 bits per heavy atom. The maximum atomic E-state index is 12.7. The topological polar surface area (TPSA) is 29.1 Å². The van der Waals surface area contributed by atoms with Crippen LogP contribution in [0.2, 0.25) is 0 Å². The highest BCUT2D eigenvalue weighted by Gasteiger charge is 2.25. The van der Waals surface area contributed by atoms with Crippen LogP contribution < -0.4 is 5.32 Å². The summed E-state index contributed by atoms with van der Waals surface area (Å²) >= 11 is 5.70. The van der Waals surface area contributed by atoms with Gasteiger partial charge in [0.25, 0.3) is 0 Å². The minimum Gasteiger partial charge on any atom is -0.355 e. The molecule has 1 aromatic rings. The maximum absolute atomic E-state index is 12.7. The summed E-state index contributed by atoms with van der Waals surface area (Å²) in [4.78, 5) is 11.7. The Bertz CT molecular complexity index is 376. The molecule has 1 N–H and O–H groups in total. The third kappa shape index (κ3) is 4.35. The smallest absolute Gasteiger partial charge is 0.226 e. The molecule has 0 heterocycles. The molecule has 0 fully saturated rings. The first-order valence-electron chi connectivity index (χ1n) is 5.54. The minimum atomic E-state index is -0.551. The zero-order chi connectivity index (χ0) is 12.9. The lowest BCUT2D eigenvalue weighted by Crippen LogP contribution is -2.39. The Balaban J connectivity index is 2.38. The van der Waals surface area contributed by atoms with Crippen LogP contribution in [-0.2, 0) is 11.2 Å². The van der Waals surface area contributed by atoms with Gasteiger partial charge in [0.15, 0.2) is 0 Å². The molecule has 4 heteroatoms. The Morgan fingerprint density at radius 3 is 2.47 bits per heavy atom. The molecule has 0 aliphatic carbocycles. The van der Waals surface area contributed by atoms with Crippen molar-refractivity contribution in [3.63, 3.8) is 0 Å². The summed E-state index contributed by atoms with van der Waals surface area (Å²) in [5.41, 5.74) is 0.444. The van der Waals surface area contributed by atoms with Crippen LogP contribution >= 0.6 is 11.6 Å². The van der Waals surface area contributed by atoms with Crippen molar-refractivity contribution in [1.29, 1.82) is 0 Å². The molecule has 0 unspecified atom stereocenters. The largest absolute Gasteiger partial charge is 0.355 e. The van der Waals surface area contributed by atoms with Crippen molar-refractivity contribution in [2.75, 3.05) is 12.4 Å². The molecule has 0 saturated heterocycles. The van der Waals surface area contributed by atoms with E-state index >= 15 is 0 Å². The van der Waals surface area contributed by atoms with Gasteiger partial charge in [-0.1, -0.05) is 12.1 Å². The molecular formula is C13H17ClFNO. The van der Waals surface area contributed by atoms with Gasteiger partial charge in [0, 0.05) is 12.4 Å². The highest BCUT2D eigenvalue weighted by Crippen LogP contribution is 2.16. The molecule has 1 amide bonds. The summed E-state index contributed by atoms with van der Waals surface area (Å²) in [6.07, 6.45) is 0.685. The number of nitrogens with one attached hydrogen (secondary N) is 1. The average Bonchev–Trinajstić information content (AvgIpc) is 2.31. The third-order valence-electron chi connectivity index (χ3n) is 2.56. The van der Waals surface area contributed by atoms with Gasteiger partial charge in [-0.15, -0.1) is 11.6 Å². The molecule has 17 heavy (non-hydrogen) atoms. The highest BCUT2D eigenvalue weighted by atomic mass is 35.5. The number of benzene rings is 1. The maximum Gasteiger partial charge on any atom is 0.226 e. The summed E-state index contributed by atoms with van der Waals surface area (Å²) in [5, 5.41) is 2.82. The highest BCUT2D eigenvalue weighted by molar-refractivity contribution is 6.19. The third-order valence-corrected chi connectivity index (χ3v) is 3.23. The van der Waals surface area contributed by atoms with E-state index in [1.165, 1.54) is 12.1 Å². The van der Waals surface area contributed by atoms with Gasteiger partial charge in [0.05, 0.1) is 5.41 Å². The predicted octanol–water partition coefficient (Wildman–Crippen LogP) is 2.75. The monoisotopic (exact) mass is 257 g/mol. The second-order valence-electron chi connectivity index (χ2n) is 4.65. The summed E-state index contributed by atoms with van der Waals surface area (Å²) in [6.45, 7) is 4.13. The van der Waals surface area contributed by atoms with Crippen LogP contribution in [0, 0.1) is 11.2 Å². The number of hydrogen-bond donors (Lipinski definition) is 1. The van der Waals surface area contributed by atoms with Crippen LogP contribution in [0.1, 0.15) is 19.4 Å². The van der Waals surface area contributed by atoms with E-state index < -0.39 is 5.41 Å². The van der Waals surface area contributed by atoms with Crippen LogP contribution in [0.25, 0.3) is 0 Å². The summed E-state index contributed by atoms with van der Waals surface area (Å²) in [5.74, 6) is -0.0225.